The Kier molecular flexibility index (Phi) is 5.97. The van der Waals surface area contributed by atoms with Crippen LogP contribution < -0.4 is 5.73 Å². The summed E-state index contributed by atoms with van der Waals surface area (Å²) >= 11 is 0. The van der Waals surface area contributed by atoms with E-state index in [-0.39, 0.29) is 17.8 Å². The van der Waals surface area contributed by atoms with Gasteiger partial charge in [-0.2, -0.15) is 0 Å². The van der Waals surface area contributed by atoms with Crippen molar-refractivity contribution in [3.63, 3.8) is 0 Å². The van der Waals surface area contributed by atoms with Crippen molar-refractivity contribution in [3.05, 3.63) is 0 Å². The molecule has 0 atom stereocenters. The molecule has 1 amide bonds. The minimum atomic E-state index is -0.153. The highest BCUT2D eigenvalue weighted by Crippen LogP contribution is 2.19. The molecule has 0 radical (unpaired) electrons. The molecule has 1 fully saturated rings. The van der Waals surface area contributed by atoms with E-state index in [1.165, 1.54) is 7.11 Å². The largest absolute Gasteiger partial charge is 0.469 e. The molecule has 17 heavy (non-hydrogen) atoms. The van der Waals surface area contributed by atoms with Gasteiger partial charge in [0.2, 0.25) is 5.91 Å². The number of ether oxygens (including phenoxy) is 1. The van der Waals surface area contributed by atoms with Crippen molar-refractivity contribution in [2.45, 2.75) is 32.1 Å². The number of hydrogen-bond donors (Lipinski definition) is 1. The van der Waals surface area contributed by atoms with E-state index in [4.69, 9.17) is 10.5 Å². The number of unbranched alkanes of at least 4 members (excludes halogenated alkanes) is 1. The number of carbonyl (C=O) groups is 2. The number of hydrogen-bond acceptors (Lipinski definition) is 4. The van der Waals surface area contributed by atoms with E-state index >= 15 is 0 Å². The summed E-state index contributed by atoms with van der Waals surface area (Å²) in [6.45, 7) is 1.97. The number of rotatable bonds is 5. The Balaban J connectivity index is 2.26. The molecule has 5 heteroatoms. The third kappa shape index (κ3) is 4.34. The van der Waals surface area contributed by atoms with Gasteiger partial charge >= 0.3 is 5.97 Å². The number of piperidine rings is 1. The lowest BCUT2D eigenvalue weighted by Gasteiger charge is -2.30. The molecule has 0 aliphatic carbocycles. The Hall–Kier alpha value is -1.10. The van der Waals surface area contributed by atoms with Crippen LogP contribution in [0.15, 0.2) is 0 Å². The summed E-state index contributed by atoms with van der Waals surface area (Å²) in [7, 11) is 1.41. The average molecular weight is 242 g/mol. The molecule has 1 aliphatic rings. The third-order valence-corrected chi connectivity index (χ3v) is 3.23. The number of nitrogens with two attached hydrogens (primary N) is 1. The van der Waals surface area contributed by atoms with Crippen LogP contribution in [0.1, 0.15) is 32.1 Å². The van der Waals surface area contributed by atoms with Crippen LogP contribution in [0, 0.1) is 5.92 Å². The van der Waals surface area contributed by atoms with Crippen LogP contribution in [0.2, 0.25) is 0 Å². The van der Waals surface area contributed by atoms with Crippen LogP contribution in [0.4, 0.5) is 0 Å². The summed E-state index contributed by atoms with van der Waals surface area (Å²) in [5.74, 6) is -0.00455. The summed E-state index contributed by atoms with van der Waals surface area (Å²) in [5, 5.41) is 0. The Bertz CT molecular complexity index is 260. The lowest BCUT2D eigenvalue weighted by Crippen LogP contribution is -2.40. The normalized spacial score (nSPS) is 16.9. The Labute approximate surface area is 102 Å². The molecule has 2 N–H and O–H groups in total. The number of carbonyl (C=O) groups excluding carboxylic acids is 2. The van der Waals surface area contributed by atoms with Gasteiger partial charge in [-0.25, -0.2) is 0 Å². The predicted molar refractivity (Wildman–Crippen MR) is 64.2 cm³/mol. The number of amides is 1. The van der Waals surface area contributed by atoms with E-state index in [9.17, 15) is 9.59 Å². The van der Waals surface area contributed by atoms with Crippen molar-refractivity contribution in [2.75, 3.05) is 26.7 Å². The van der Waals surface area contributed by atoms with Crippen molar-refractivity contribution in [3.8, 4) is 0 Å². The summed E-state index contributed by atoms with van der Waals surface area (Å²) < 4.78 is 4.71. The number of methoxy groups -OCH3 is 1. The Morgan fingerprint density at radius 1 is 1.29 bits per heavy atom. The van der Waals surface area contributed by atoms with Crippen LogP contribution in [0.5, 0.6) is 0 Å². The van der Waals surface area contributed by atoms with Crippen molar-refractivity contribution in [1.29, 1.82) is 0 Å². The maximum Gasteiger partial charge on any atom is 0.308 e. The predicted octanol–water partition coefficient (Wildman–Crippen LogP) is 0.527. The molecule has 0 aromatic rings. The summed E-state index contributed by atoms with van der Waals surface area (Å²) in [6.07, 6.45) is 3.75. The molecule has 98 valence electrons. The van der Waals surface area contributed by atoms with Crippen LogP contribution in [0.25, 0.3) is 0 Å². The highest BCUT2D eigenvalue weighted by molar-refractivity contribution is 5.77. The van der Waals surface area contributed by atoms with Gasteiger partial charge in [0, 0.05) is 19.5 Å². The molecule has 0 aromatic heterocycles. The maximum atomic E-state index is 11.8. The zero-order valence-electron chi connectivity index (χ0n) is 10.5. The van der Waals surface area contributed by atoms with Gasteiger partial charge in [0.05, 0.1) is 13.0 Å². The molecule has 0 unspecified atom stereocenters. The van der Waals surface area contributed by atoms with Crippen LogP contribution in [-0.2, 0) is 14.3 Å². The first kappa shape index (κ1) is 14.0. The van der Waals surface area contributed by atoms with E-state index in [0.717, 1.165) is 25.7 Å². The molecule has 0 aromatic carbocycles. The van der Waals surface area contributed by atoms with Crippen LogP contribution in [0.3, 0.4) is 0 Å². The molecule has 0 saturated carbocycles. The lowest BCUT2D eigenvalue weighted by atomic mass is 9.97. The summed E-state index contributed by atoms with van der Waals surface area (Å²) in [5.41, 5.74) is 5.38. The SMILES string of the molecule is COC(=O)C1CCN(C(=O)CCCCN)CC1. The first-order valence-corrected chi connectivity index (χ1v) is 6.24. The monoisotopic (exact) mass is 242 g/mol. The number of likely N-dealkylation sites (tertiary alicyclic amines) is 1. The van der Waals surface area contributed by atoms with Gasteiger partial charge in [-0.3, -0.25) is 9.59 Å². The first-order valence-electron chi connectivity index (χ1n) is 6.24. The zero-order valence-corrected chi connectivity index (χ0v) is 10.5. The number of nitrogens with zero attached hydrogens (tertiary/aromatic N) is 1. The molecule has 0 spiro atoms. The van der Waals surface area contributed by atoms with Crippen molar-refractivity contribution in [1.82, 2.24) is 4.90 Å². The summed E-state index contributed by atoms with van der Waals surface area (Å²) in [6, 6.07) is 0. The molecule has 0 bridgehead atoms. The van der Waals surface area contributed by atoms with Crippen LogP contribution in [-0.4, -0.2) is 43.5 Å². The quantitative estimate of drug-likeness (QED) is 0.563. The van der Waals surface area contributed by atoms with Gasteiger partial charge in [0.25, 0.3) is 0 Å². The van der Waals surface area contributed by atoms with Crippen molar-refractivity contribution < 1.29 is 14.3 Å². The van der Waals surface area contributed by atoms with E-state index < -0.39 is 0 Å². The molecular weight excluding hydrogens is 220 g/mol. The third-order valence-electron chi connectivity index (χ3n) is 3.23. The van der Waals surface area contributed by atoms with Crippen molar-refractivity contribution in [2.24, 2.45) is 11.7 Å². The van der Waals surface area contributed by atoms with Gasteiger partial charge in [0.1, 0.15) is 0 Å². The second-order valence-corrected chi connectivity index (χ2v) is 4.42. The Morgan fingerprint density at radius 3 is 2.47 bits per heavy atom. The molecular formula is C12H22N2O3. The fourth-order valence-electron chi connectivity index (χ4n) is 2.11. The van der Waals surface area contributed by atoms with Crippen molar-refractivity contribution >= 4 is 11.9 Å². The zero-order chi connectivity index (χ0) is 12.7. The fourth-order valence-corrected chi connectivity index (χ4v) is 2.11. The van der Waals surface area contributed by atoms with Gasteiger partial charge < -0.3 is 15.4 Å². The van der Waals surface area contributed by atoms with E-state index in [1.807, 2.05) is 4.90 Å². The molecule has 1 rings (SSSR count). The lowest BCUT2D eigenvalue weighted by molar-refractivity contribution is -0.148. The molecule has 1 aliphatic heterocycles. The number of esters is 1. The highest BCUT2D eigenvalue weighted by Gasteiger charge is 2.27. The molecule has 5 nitrogen and oxygen atoms in total. The van der Waals surface area contributed by atoms with Gasteiger partial charge in [-0.1, -0.05) is 0 Å². The van der Waals surface area contributed by atoms with E-state index in [2.05, 4.69) is 0 Å². The van der Waals surface area contributed by atoms with Gasteiger partial charge in [-0.15, -0.1) is 0 Å². The van der Waals surface area contributed by atoms with E-state index in [1.54, 1.807) is 0 Å². The van der Waals surface area contributed by atoms with Gasteiger partial charge in [0.15, 0.2) is 0 Å². The maximum absolute atomic E-state index is 11.8. The topological polar surface area (TPSA) is 72.6 Å². The minimum absolute atomic E-state index is 0.0342. The molecule has 1 saturated heterocycles. The average Bonchev–Trinajstić information content (AvgIpc) is 2.38. The second kappa shape index (κ2) is 7.27. The highest BCUT2D eigenvalue weighted by atomic mass is 16.5. The standard InChI is InChI=1S/C12H22N2O3/c1-17-12(16)10-5-8-14(9-6-10)11(15)4-2-3-7-13/h10H,2-9,13H2,1H3. The molecule has 1 heterocycles. The summed E-state index contributed by atoms with van der Waals surface area (Å²) in [4.78, 5) is 24.9. The fraction of sp³-hybridized carbons (Fsp3) is 0.833. The Morgan fingerprint density at radius 2 is 1.94 bits per heavy atom. The first-order chi connectivity index (χ1) is 8.19. The smallest absolute Gasteiger partial charge is 0.308 e. The van der Waals surface area contributed by atoms with Crippen LogP contribution >= 0.6 is 0 Å². The second-order valence-electron chi connectivity index (χ2n) is 4.42. The van der Waals surface area contributed by atoms with E-state index in [0.29, 0.717) is 26.1 Å². The van der Waals surface area contributed by atoms with Gasteiger partial charge in [-0.05, 0) is 32.2 Å². The minimum Gasteiger partial charge on any atom is -0.469 e.